The molecule has 1 aliphatic heterocycles. The summed E-state index contributed by atoms with van der Waals surface area (Å²) < 4.78 is 27.7. The Morgan fingerprint density at radius 3 is 2.47 bits per heavy atom. The number of carbonyl (C=O) groups excluding carboxylic acids is 1. The van der Waals surface area contributed by atoms with Gasteiger partial charge < -0.3 is 5.32 Å². The second kappa shape index (κ2) is 7.95. The monoisotopic (exact) mass is 420 g/mol. The van der Waals surface area contributed by atoms with E-state index in [-0.39, 0.29) is 10.8 Å². The first-order chi connectivity index (χ1) is 14.4. The number of carbonyl (C=O) groups is 1. The van der Waals surface area contributed by atoms with Gasteiger partial charge in [-0.1, -0.05) is 35.9 Å². The SMILES string of the molecule is Cc1ccc(C(=O)Nc2ccc3c(c2)CCCN3S(=O)(=O)c2ccccc2)c(C)c1. The molecule has 0 fully saturated rings. The molecule has 0 bridgehead atoms. The molecule has 1 amide bonds. The summed E-state index contributed by atoms with van der Waals surface area (Å²) in [6.07, 6.45) is 1.50. The van der Waals surface area contributed by atoms with E-state index < -0.39 is 10.0 Å². The molecule has 0 aromatic heterocycles. The van der Waals surface area contributed by atoms with E-state index in [0.717, 1.165) is 29.5 Å². The third-order valence-corrected chi connectivity index (χ3v) is 7.20. The summed E-state index contributed by atoms with van der Waals surface area (Å²) in [4.78, 5) is 13.0. The first kappa shape index (κ1) is 20.2. The van der Waals surface area contributed by atoms with Crippen LogP contribution in [0.5, 0.6) is 0 Å². The van der Waals surface area contributed by atoms with Crippen LogP contribution < -0.4 is 9.62 Å². The zero-order chi connectivity index (χ0) is 21.3. The van der Waals surface area contributed by atoms with Crippen molar-refractivity contribution < 1.29 is 13.2 Å². The highest BCUT2D eigenvalue weighted by Gasteiger charge is 2.29. The minimum absolute atomic E-state index is 0.169. The Bertz CT molecular complexity index is 1200. The molecule has 6 heteroatoms. The zero-order valence-corrected chi connectivity index (χ0v) is 17.9. The van der Waals surface area contributed by atoms with Crippen molar-refractivity contribution in [1.29, 1.82) is 0 Å². The first-order valence-electron chi connectivity index (χ1n) is 9.95. The van der Waals surface area contributed by atoms with Crippen LogP contribution in [0, 0.1) is 13.8 Å². The number of anilines is 2. The van der Waals surface area contributed by atoms with Crippen LogP contribution in [0.1, 0.15) is 33.5 Å². The van der Waals surface area contributed by atoms with Gasteiger partial charge in [0.05, 0.1) is 10.6 Å². The van der Waals surface area contributed by atoms with Crippen molar-refractivity contribution in [1.82, 2.24) is 0 Å². The van der Waals surface area contributed by atoms with E-state index in [4.69, 9.17) is 0 Å². The normalized spacial score (nSPS) is 13.6. The number of benzene rings is 3. The minimum atomic E-state index is -3.62. The van der Waals surface area contributed by atoms with Crippen LogP contribution in [0.2, 0.25) is 0 Å². The summed E-state index contributed by atoms with van der Waals surface area (Å²) in [5, 5.41) is 2.95. The standard InChI is InChI=1S/C24H24N2O3S/c1-17-10-12-22(18(2)15-17)24(27)25-20-11-13-23-19(16-20)7-6-14-26(23)30(28,29)21-8-4-3-5-9-21/h3-5,8-13,15-16H,6-7,14H2,1-2H3,(H,25,27). The Labute approximate surface area is 177 Å². The lowest BCUT2D eigenvalue weighted by Crippen LogP contribution is -2.35. The maximum absolute atomic E-state index is 13.1. The van der Waals surface area contributed by atoms with Gasteiger partial charge >= 0.3 is 0 Å². The maximum atomic E-state index is 13.1. The smallest absolute Gasteiger partial charge is 0.264 e. The lowest BCUT2D eigenvalue weighted by Gasteiger charge is -2.31. The Morgan fingerprint density at radius 2 is 1.73 bits per heavy atom. The molecule has 1 N–H and O–H groups in total. The Morgan fingerprint density at radius 1 is 0.967 bits per heavy atom. The van der Waals surface area contributed by atoms with Crippen LogP contribution in [0.4, 0.5) is 11.4 Å². The van der Waals surface area contributed by atoms with Gasteiger partial charge in [-0.05, 0) is 74.2 Å². The van der Waals surface area contributed by atoms with Crippen molar-refractivity contribution in [2.75, 3.05) is 16.2 Å². The number of hydrogen-bond acceptors (Lipinski definition) is 3. The molecule has 5 nitrogen and oxygen atoms in total. The lowest BCUT2D eigenvalue weighted by molar-refractivity contribution is 0.102. The number of amides is 1. The van der Waals surface area contributed by atoms with Gasteiger partial charge in [0.15, 0.2) is 0 Å². The van der Waals surface area contributed by atoms with E-state index in [9.17, 15) is 13.2 Å². The average Bonchev–Trinajstić information content (AvgIpc) is 2.73. The van der Waals surface area contributed by atoms with Crippen LogP contribution in [0.25, 0.3) is 0 Å². The van der Waals surface area contributed by atoms with Gasteiger partial charge in [-0.25, -0.2) is 8.42 Å². The maximum Gasteiger partial charge on any atom is 0.264 e. The van der Waals surface area contributed by atoms with E-state index in [2.05, 4.69) is 5.32 Å². The largest absolute Gasteiger partial charge is 0.322 e. The molecular weight excluding hydrogens is 396 g/mol. The van der Waals surface area contributed by atoms with Crippen molar-refractivity contribution >= 4 is 27.3 Å². The highest BCUT2D eigenvalue weighted by atomic mass is 32.2. The Hall–Kier alpha value is -3.12. The molecule has 154 valence electrons. The number of fused-ring (bicyclic) bond motifs is 1. The number of nitrogens with zero attached hydrogens (tertiary/aromatic N) is 1. The number of hydrogen-bond donors (Lipinski definition) is 1. The van der Waals surface area contributed by atoms with Crippen LogP contribution in [0.3, 0.4) is 0 Å². The third-order valence-electron chi connectivity index (χ3n) is 5.37. The van der Waals surface area contributed by atoms with Crippen molar-refractivity contribution in [2.24, 2.45) is 0 Å². The fourth-order valence-corrected chi connectivity index (χ4v) is 5.44. The van der Waals surface area contributed by atoms with E-state index in [1.807, 2.05) is 38.1 Å². The molecule has 0 unspecified atom stereocenters. The Balaban J connectivity index is 1.61. The quantitative estimate of drug-likeness (QED) is 0.665. The van der Waals surface area contributed by atoms with Crippen molar-refractivity contribution in [3.63, 3.8) is 0 Å². The topological polar surface area (TPSA) is 66.5 Å². The van der Waals surface area contributed by atoms with Crippen LogP contribution in [-0.4, -0.2) is 20.9 Å². The highest BCUT2D eigenvalue weighted by molar-refractivity contribution is 7.92. The fraction of sp³-hybridized carbons (Fsp3) is 0.208. The molecule has 30 heavy (non-hydrogen) atoms. The zero-order valence-electron chi connectivity index (χ0n) is 17.1. The first-order valence-corrected chi connectivity index (χ1v) is 11.4. The van der Waals surface area contributed by atoms with Gasteiger partial charge in [-0.3, -0.25) is 9.10 Å². The predicted octanol–water partition coefficient (Wildman–Crippen LogP) is 4.70. The molecule has 0 saturated carbocycles. The van der Waals surface area contributed by atoms with Gasteiger partial charge in [-0.15, -0.1) is 0 Å². The molecule has 1 heterocycles. The third kappa shape index (κ3) is 3.83. The molecule has 0 spiro atoms. The van der Waals surface area contributed by atoms with Crippen molar-refractivity contribution in [3.8, 4) is 0 Å². The minimum Gasteiger partial charge on any atom is -0.322 e. The fourth-order valence-electron chi connectivity index (χ4n) is 3.88. The van der Waals surface area contributed by atoms with E-state index >= 15 is 0 Å². The highest BCUT2D eigenvalue weighted by Crippen LogP contribution is 2.34. The number of sulfonamides is 1. The van der Waals surface area contributed by atoms with Gasteiger partial charge in [0.25, 0.3) is 15.9 Å². The van der Waals surface area contributed by atoms with Crippen LogP contribution in [-0.2, 0) is 16.4 Å². The molecule has 4 rings (SSSR count). The molecule has 0 radical (unpaired) electrons. The molecule has 1 aliphatic rings. The Kier molecular flexibility index (Phi) is 5.35. The van der Waals surface area contributed by atoms with Crippen LogP contribution >= 0.6 is 0 Å². The van der Waals surface area contributed by atoms with Crippen LogP contribution in [0.15, 0.2) is 71.6 Å². The van der Waals surface area contributed by atoms with E-state index in [1.165, 1.54) is 4.31 Å². The summed E-state index contributed by atoms with van der Waals surface area (Å²) in [5.74, 6) is -0.169. The molecule has 0 aliphatic carbocycles. The molecule has 0 atom stereocenters. The summed E-state index contributed by atoms with van der Waals surface area (Å²) in [6.45, 7) is 4.35. The van der Waals surface area contributed by atoms with Crippen molar-refractivity contribution in [3.05, 3.63) is 89.0 Å². The number of aryl methyl sites for hydroxylation is 3. The van der Waals surface area contributed by atoms with Gasteiger partial charge in [0, 0.05) is 17.8 Å². The van der Waals surface area contributed by atoms with E-state index in [0.29, 0.717) is 23.5 Å². The van der Waals surface area contributed by atoms with E-state index in [1.54, 1.807) is 42.5 Å². The van der Waals surface area contributed by atoms with Gasteiger partial charge in [0.2, 0.25) is 0 Å². The van der Waals surface area contributed by atoms with Gasteiger partial charge in [0.1, 0.15) is 0 Å². The summed E-state index contributed by atoms with van der Waals surface area (Å²) in [6, 6.07) is 19.6. The van der Waals surface area contributed by atoms with Crippen molar-refractivity contribution in [2.45, 2.75) is 31.6 Å². The molecule has 3 aromatic carbocycles. The molecule has 0 saturated heterocycles. The second-order valence-corrected chi connectivity index (χ2v) is 9.47. The molecule has 3 aromatic rings. The lowest BCUT2D eigenvalue weighted by atomic mass is 10.0. The number of nitrogens with one attached hydrogen (secondary N) is 1. The molecular formula is C24H24N2O3S. The number of rotatable bonds is 4. The summed E-state index contributed by atoms with van der Waals surface area (Å²) in [7, 11) is -3.62. The summed E-state index contributed by atoms with van der Waals surface area (Å²) >= 11 is 0. The average molecular weight is 421 g/mol. The van der Waals surface area contributed by atoms with Gasteiger partial charge in [-0.2, -0.15) is 0 Å². The summed E-state index contributed by atoms with van der Waals surface area (Å²) in [5.41, 5.74) is 4.92. The predicted molar refractivity (Wildman–Crippen MR) is 120 cm³/mol. The second-order valence-electron chi connectivity index (χ2n) is 7.61.